The Morgan fingerprint density at radius 3 is 2.63 bits per heavy atom. The third kappa shape index (κ3) is 5.63. The number of rotatable bonds is 9. The monoisotopic (exact) mass is 572 g/mol. The lowest BCUT2D eigenvalue weighted by atomic mass is 10.0. The van der Waals surface area contributed by atoms with Crippen molar-refractivity contribution in [2.24, 2.45) is 0 Å². The molecule has 1 fully saturated rings. The molecule has 0 spiro atoms. The molecule has 2 atom stereocenters. The second-order valence-corrected chi connectivity index (χ2v) is 9.79. The first-order valence-electron chi connectivity index (χ1n) is 12.7. The number of anilines is 2. The van der Waals surface area contributed by atoms with Crippen LogP contribution in [0.25, 0.3) is 11.3 Å². The highest BCUT2D eigenvalue weighted by Crippen LogP contribution is 2.44. The highest BCUT2D eigenvalue weighted by molar-refractivity contribution is 7.80. The summed E-state index contributed by atoms with van der Waals surface area (Å²) in [6.07, 6.45) is 1.72. The lowest BCUT2D eigenvalue weighted by Crippen LogP contribution is -2.29. The zero-order valence-electron chi connectivity index (χ0n) is 22.6. The molecule has 3 N–H and O–H groups in total. The van der Waals surface area contributed by atoms with Gasteiger partial charge in [-0.3, -0.25) is 9.78 Å². The fourth-order valence-corrected chi connectivity index (χ4v) is 5.26. The van der Waals surface area contributed by atoms with Gasteiger partial charge in [-0.15, -0.1) is 0 Å². The average molecular weight is 573 g/mol. The number of benzene rings is 2. The predicted molar refractivity (Wildman–Crippen MR) is 157 cm³/mol. The number of methoxy groups -OCH3 is 2. The minimum Gasteiger partial charge on any atom is -0.495 e. The summed E-state index contributed by atoms with van der Waals surface area (Å²) in [5, 5.41) is 16.0. The molecule has 0 unspecified atom stereocenters. The largest absolute Gasteiger partial charge is 0.495 e. The van der Waals surface area contributed by atoms with E-state index in [1.807, 2.05) is 48.2 Å². The van der Waals surface area contributed by atoms with Gasteiger partial charge in [-0.25, -0.2) is 4.79 Å². The number of hydrogen-bond donors (Lipinski definition) is 3. The van der Waals surface area contributed by atoms with Crippen LogP contribution in [0.4, 0.5) is 11.4 Å². The number of furan rings is 1. The summed E-state index contributed by atoms with van der Waals surface area (Å²) in [4.78, 5) is 30.2. The quantitative estimate of drug-likeness (QED) is 0.233. The van der Waals surface area contributed by atoms with Crippen LogP contribution < -0.4 is 20.3 Å². The molecule has 2 aromatic heterocycles. The van der Waals surface area contributed by atoms with Crippen LogP contribution in [0.2, 0.25) is 0 Å². The number of ether oxygens (including phenoxy) is 2. The first-order chi connectivity index (χ1) is 19.8. The SMILES string of the molecule is COCC(=O)Nc1cc(N2C(=S)N[C@@H](c3ccccn3)[C@H]2c2ccc(-c3ccc(C(=O)O)cc3C)o2)ccc1OC. The Hall–Kier alpha value is -4.74. The van der Waals surface area contributed by atoms with E-state index in [9.17, 15) is 14.7 Å². The maximum absolute atomic E-state index is 12.3. The van der Waals surface area contributed by atoms with Crippen LogP contribution >= 0.6 is 12.2 Å². The highest BCUT2D eigenvalue weighted by Gasteiger charge is 2.43. The number of aromatic carboxylic acids is 1. The number of carboxylic acid groups (broad SMARTS) is 1. The van der Waals surface area contributed by atoms with Crippen molar-refractivity contribution in [1.82, 2.24) is 10.3 Å². The topological polar surface area (TPSA) is 126 Å². The van der Waals surface area contributed by atoms with E-state index in [1.165, 1.54) is 14.2 Å². The molecule has 210 valence electrons. The molecule has 10 nitrogen and oxygen atoms in total. The second kappa shape index (κ2) is 11.8. The van der Waals surface area contributed by atoms with E-state index >= 15 is 0 Å². The summed E-state index contributed by atoms with van der Waals surface area (Å²) in [7, 11) is 2.97. The molecule has 0 bridgehead atoms. The molecular weight excluding hydrogens is 544 g/mol. The highest BCUT2D eigenvalue weighted by atomic mass is 32.1. The van der Waals surface area contributed by atoms with Crippen LogP contribution in [0.3, 0.4) is 0 Å². The fourth-order valence-electron chi connectivity index (χ4n) is 4.91. The van der Waals surface area contributed by atoms with Crippen LogP contribution in [-0.2, 0) is 9.53 Å². The van der Waals surface area contributed by atoms with Crippen LogP contribution in [0.5, 0.6) is 5.75 Å². The van der Waals surface area contributed by atoms with Gasteiger partial charge in [0, 0.05) is 24.6 Å². The number of hydrogen-bond acceptors (Lipinski definition) is 7. The van der Waals surface area contributed by atoms with E-state index in [1.54, 1.807) is 36.5 Å². The molecule has 0 radical (unpaired) electrons. The Labute approximate surface area is 241 Å². The van der Waals surface area contributed by atoms with Gasteiger partial charge in [-0.05, 0) is 79.3 Å². The van der Waals surface area contributed by atoms with Gasteiger partial charge >= 0.3 is 5.97 Å². The number of nitrogens with zero attached hydrogens (tertiary/aromatic N) is 2. The summed E-state index contributed by atoms with van der Waals surface area (Å²) in [6, 6.07) is 18.9. The van der Waals surface area contributed by atoms with Gasteiger partial charge < -0.3 is 34.5 Å². The molecule has 1 aliphatic heterocycles. The standard InChI is InChI=1S/C30H28N4O6S/c1-17-14-18(29(36)37)7-9-20(17)23-11-12-25(40-23)28-27(21-6-4-5-13-31-21)33-30(41)34(28)19-8-10-24(39-3)22(15-19)32-26(35)16-38-2/h4-15,27-28H,16H2,1-3H3,(H,32,35)(H,33,41)(H,36,37)/t27-,28+/m0/s1. The zero-order valence-corrected chi connectivity index (χ0v) is 23.4. The predicted octanol–water partition coefficient (Wildman–Crippen LogP) is 5.12. The molecule has 0 saturated carbocycles. The Kier molecular flexibility index (Phi) is 7.99. The first kappa shape index (κ1) is 27.8. The molecular formula is C30H28N4O6S. The molecule has 1 aliphatic rings. The number of carbonyl (C=O) groups is 2. The molecule has 5 rings (SSSR count). The third-order valence-electron chi connectivity index (χ3n) is 6.77. The number of aromatic nitrogens is 1. The third-order valence-corrected chi connectivity index (χ3v) is 7.08. The number of carboxylic acids is 1. The molecule has 1 amide bonds. The number of thiocarbonyl (C=S) groups is 1. The lowest BCUT2D eigenvalue weighted by molar-refractivity contribution is -0.119. The maximum atomic E-state index is 12.3. The Morgan fingerprint density at radius 2 is 1.95 bits per heavy atom. The van der Waals surface area contributed by atoms with Crippen molar-refractivity contribution in [2.75, 3.05) is 31.0 Å². The maximum Gasteiger partial charge on any atom is 0.335 e. The van der Waals surface area contributed by atoms with Crippen molar-refractivity contribution in [2.45, 2.75) is 19.0 Å². The smallest absolute Gasteiger partial charge is 0.335 e. The average Bonchev–Trinajstić information content (AvgIpc) is 3.58. The van der Waals surface area contributed by atoms with Gasteiger partial charge in [0.05, 0.1) is 30.1 Å². The number of pyridine rings is 1. The van der Waals surface area contributed by atoms with Crippen molar-refractivity contribution in [1.29, 1.82) is 0 Å². The number of aryl methyl sites for hydroxylation is 1. The number of carbonyl (C=O) groups excluding carboxylic acids is 1. The van der Waals surface area contributed by atoms with Crippen molar-refractivity contribution in [3.05, 3.63) is 95.5 Å². The van der Waals surface area contributed by atoms with E-state index < -0.39 is 12.0 Å². The molecule has 2 aromatic carbocycles. The Morgan fingerprint density at radius 1 is 1.12 bits per heavy atom. The van der Waals surface area contributed by atoms with Gasteiger partial charge in [-0.2, -0.15) is 0 Å². The molecule has 1 saturated heterocycles. The summed E-state index contributed by atoms with van der Waals surface area (Å²) in [5.74, 6) is 0.374. The first-order valence-corrected chi connectivity index (χ1v) is 13.1. The van der Waals surface area contributed by atoms with E-state index in [2.05, 4.69) is 15.6 Å². The summed E-state index contributed by atoms with van der Waals surface area (Å²) < 4.78 is 16.9. The van der Waals surface area contributed by atoms with Crippen LogP contribution in [0.15, 0.2) is 77.3 Å². The molecule has 0 aliphatic carbocycles. The summed E-state index contributed by atoms with van der Waals surface area (Å²) in [5.41, 5.74) is 3.68. The van der Waals surface area contributed by atoms with Gasteiger partial charge in [0.15, 0.2) is 5.11 Å². The summed E-state index contributed by atoms with van der Waals surface area (Å²) >= 11 is 5.82. The van der Waals surface area contributed by atoms with Gasteiger partial charge in [-0.1, -0.05) is 12.1 Å². The Balaban J connectivity index is 1.58. The minimum absolute atomic E-state index is 0.108. The van der Waals surface area contributed by atoms with E-state index in [4.69, 9.17) is 26.1 Å². The van der Waals surface area contributed by atoms with Crippen LogP contribution in [0.1, 0.15) is 39.5 Å². The van der Waals surface area contributed by atoms with Crippen molar-refractivity contribution >= 4 is 40.6 Å². The van der Waals surface area contributed by atoms with Crippen LogP contribution in [-0.4, -0.2) is 47.9 Å². The van der Waals surface area contributed by atoms with E-state index in [0.29, 0.717) is 33.8 Å². The summed E-state index contributed by atoms with van der Waals surface area (Å²) in [6.45, 7) is 1.74. The zero-order chi connectivity index (χ0) is 29.1. The molecule has 41 heavy (non-hydrogen) atoms. The van der Waals surface area contributed by atoms with Crippen molar-refractivity contribution in [3.8, 4) is 17.1 Å². The fraction of sp³-hybridized carbons (Fsp3) is 0.200. The van der Waals surface area contributed by atoms with Gasteiger partial charge in [0.2, 0.25) is 5.91 Å². The normalized spacial score (nSPS) is 16.4. The second-order valence-electron chi connectivity index (χ2n) is 9.40. The van der Waals surface area contributed by atoms with Crippen LogP contribution in [0, 0.1) is 6.92 Å². The molecule has 11 heteroatoms. The number of amides is 1. The minimum atomic E-state index is -0.989. The van der Waals surface area contributed by atoms with E-state index in [-0.39, 0.29) is 24.1 Å². The van der Waals surface area contributed by atoms with Crippen molar-refractivity contribution in [3.63, 3.8) is 0 Å². The van der Waals surface area contributed by atoms with Crippen molar-refractivity contribution < 1.29 is 28.6 Å². The van der Waals surface area contributed by atoms with Gasteiger partial charge in [0.1, 0.15) is 29.9 Å². The van der Waals surface area contributed by atoms with Gasteiger partial charge in [0.25, 0.3) is 0 Å². The molecule has 3 heterocycles. The van der Waals surface area contributed by atoms with E-state index in [0.717, 1.165) is 16.8 Å². The molecule has 4 aromatic rings. The number of nitrogens with one attached hydrogen (secondary N) is 2. The lowest BCUT2D eigenvalue weighted by Gasteiger charge is -2.27. The Bertz CT molecular complexity index is 1610.